The number of rotatable bonds is 5. The maximum absolute atomic E-state index is 11.7. The fourth-order valence-electron chi connectivity index (χ4n) is 2.80. The van der Waals surface area contributed by atoms with Gasteiger partial charge in [-0.1, -0.05) is 0 Å². The summed E-state index contributed by atoms with van der Waals surface area (Å²) in [6, 6.07) is 0.0445. The summed E-state index contributed by atoms with van der Waals surface area (Å²) in [5.41, 5.74) is 0. The van der Waals surface area contributed by atoms with Crippen LogP contribution in [-0.4, -0.2) is 35.7 Å². The zero-order valence-corrected chi connectivity index (χ0v) is 10.6. The minimum absolute atomic E-state index is 0.0292. The number of hydrogen-bond acceptors (Lipinski definition) is 3. The standard InChI is InChI=1S/C13H21NO4/c15-12(6-5-11-2-1-7-18-11)14-10-4-3-9(8-10)13(16)17/h9-11H,1-8H2,(H,14,15)(H,16,17)/t9-,10+,11?/m1/s1. The molecule has 102 valence electrons. The average Bonchev–Trinajstić information content (AvgIpc) is 2.96. The van der Waals surface area contributed by atoms with Crippen LogP contribution in [0, 0.1) is 5.92 Å². The topological polar surface area (TPSA) is 75.6 Å². The fourth-order valence-corrected chi connectivity index (χ4v) is 2.80. The van der Waals surface area contributed by atoms with E-state index in [0.717, 1.165) is 32.3 Å². The zero-order chi connectivity index (χ0) is 13.0. The van der Waals surface area contributed by atoms with Gasteiger partial charge in [0.25, 0.3) is 0 Å². The van der Waals surface area contributed by atoms with Crippen LogP contribution in [0.2, 0.25) is 0 Å². The summed E-state index contributed by atoms with van der Waals surface area (Å²) >= 11 is 0. The van der Waals surface area contributed by atoms with Gasteiger partial charge in [0.1, 0.15) is 0 Å². The molecular formula is C13H21NO4. The molecule has 2 rings (SSSR count). The molecule has 2 N–H and O–H groups in total. The van der Waals surface area contributed by atoms with Crippen molar-refractivity contribution in [2.24, 2.45) is 5.92 Å². The van der Waals surface area contributed by atoms with Crippen molar-refractivity contribution in [3.05, 3.63) is 0 Å². The van der Waals surface area contributed by atoms with Gasteiger partial charge >= 0.3 is 5.97 Å². The van der Waals surface area contributed by atoms with Crippen molar-refractivity contribution >= 4 is 11.9 Å². The summed E-state index contributed by atoms with van der Waals surface area (Å²) < 4.78 is 5.46. The average molecular weight is 255 g/mol. The van der Waals surface area contributed by atoms with E-state index in [4.69, 9.17) is 9.84 Å². The molecule has 1 saturated carbocycles. The molecule has 1 saturated heterocycles. The molecule has 3 atom stereocenters. The first-order chi connectivity index (χ1) is 8.65. The second kappa shape index (κ2) is 6.18. The van der Waals surface area contributed by atoms with Crippen molar-refractivity contribution in [1.29, 1.82) is 0 Å². The lowest BCUT2D eigenvalue weighted by molar-refractivity contribution is -0.141. The molecule has 0 aromatic heterocycles. The van der Waals surface area contributed by atoms with E-state index >= 15 is 0 Å². The van der Waals surface area contributed by atoms with E-state index in [9.17, 15) is 9.59 Å². The Kier molecular flexibility index (Phi) is 4.58. The summed E-state index contributed by atoms with van der Waals surface area (Å²) in [5.74, 6) is -0.999. The third-order valence-electron chi connectivity index (χ3n) is 3.86. The van der Waals surface area contributed by atoms with Crippen LogP contribution in [0.15, 0.2) is 0 Å². The Morgan fingerprint density at radius 1 is 1.28 bits per heavy atom. The minimum atomic E-state index is -0.744. The summed E-state index contributed by atoms with van der Waals surface area (Å²) in [4.78, 5) is 22.5. The van der Waals surface area contributed by atoms with E-state index in [1.165, 1.54) is 0 Å². The molecular weight excluding hydrogens is 234 g/mol. The van der Waals surface area contributed by atoms with Gasteiger partial charge < -0.3 is 15.2 Å². The number of carboxylic acids is 1. The zero-order valence-electron chi connectivity index (χ0n) is 10.6. The maximum Gasteiger partial charge on any atom is 0.306 e. The summed E-state index contributed by atoms with van der Waals surface area (Å²) in [6.07, 6.45) is 5.67. The number of hydrogen-bond donors (Lipinski definition) is 2. The Morgan fingerprint density at radius 2 is 2.11 bits per heavy atom. The second-order valence-corrected chi connectivity index (χ2v) is 5.29. The van der Waals surface area contributed by atoms with Crippen LogP contribution in [0.25, 0.3) is 0 Å². The van der Waals surface area contributed by atoms with Gasteiger partial charge in [-0.05, 0) is 38.5 Å². The number of aliphatic carboxylic acids is 1. The van der Waals surface area contributed by atoms with Crippen LogP contribution < -0.4 is 5.32 Å². The summed E-state index contributed by atoms with van der Waals surface area (Å²) in [6.45, 7) is 0.815. The number of nitrogens with one attached hydrogen (secondary N) is 1. The van der Waals surface area contributed by atoms with Crippen molar-refractivity contribution in [2.75, 3.05) is 6.61 Å². The van der Waals surface area contributed by atoms with Crippen LogP contribution >= 0.6 is 0 Å². The Hall–Kier alpha value is -1.10. The third kappa shape index (κ3) is 3.70. The molecule has 5 nitrogen and oxygen atoms in total. The van der Waals surface area contributed by atoms with Gasteiger partial charge in [0.05, 0.1) is 12.0 Å². The molecule has 2 fully saturated rings. The van der Waals surface area contributed by atoms with Crippen molar-refractivity contribution in [3.8, 4) is 0 Å². The molecule has 5 heteroatoms. The number of carboxylic acid groups (broad SMARTS) is 1. The summed E-state index contributed by atoms with van der Waals surface area (Å²) in [5, 5.41) is 11.8. The predicted octanol–water partition coefficient (Wildman–Crippen LogP) is 1.32. The van der Waals surface area contributed by atoms with Crippen LogP contribution in [0.5, 0.6) is 0 Å². The van der Waals surface area contributed by atoms with Crippen molar-refractivity contribution < 1.29 is 19.4 Å². The molecule has 18 heavy (non-hydrogen) atoms. The highest BCUT2D eigenvalue weighted by Gasteiger charge is 2.30. The molecule has 1 heterocycles. The highest BCUT2D eigenvalue weighted by atomic mass is 16.5. The van der Waals surface area contributed by atoms with Gasteiger partial charge in [0.2, 0.25) is 5.91 Å². The lowest BCUT2D eigenvalue weighted by Gasteiger charge is -2.13. The molecule has 1 amide bonds. The van der Waals surface area contributed by atoms with E-state index in [1.807, 2.05) is 0 Å². The second-order valence-electron chi connectivity index (χ2n) is 5.29. The molecule has 0 radical (unpaired) electrons. The van der Waals surface area contributed by atoms with Gasteiger partial charge in [-0.3, -0.25) is 9.59 Å². The van der Waals surface area contributed by atoms with E-state index < -0.39 is 5.97 Å². The van der Waals surface area contributed by atoms with E-state index in [0.29, 0.717) is 19.3 Å². The first-order valence-electron chi connectivity index (χ1n) is 6.79. The number of ether oxygens (including phenoxy) is 1. The molecule has 0 bridgehead atoms. The Bertz CT molecular complexity index is 312. The molecule has 1 unspecified atom stereocenters. The molecule has 2 aliphatic rings. The molecule has 0 aromatic carbocycles. The quantitative estimate of drug-likeness (QED) is 0.776. The Morgan fingerprint density at radius 3 is 2.72 bits per heavy atom. The normalized spacial score (nSPS) is 31.4. The Balaban J connectivity index is 1.63. The van der Waals surface area contributed by atoms with Crippen LogP contribution in [0.3, 0.4) is 0 Å². The van der Waals surface area contributed by atoms with Gasteiger partial charge in [-0.15, -0.1) is 0 Å². The van der Waals surface area contributed by atoms with Crippen molar-refractivity contribution in [2.45, 2.75) is 57.1 Å². The largest absolute Gasteiger partial charge is 0.481 e. The number of carbonyl (C=O) groups is 2. The van der Waals surface area contributed by atoms with Crippen molar-refractivity contribution in [1.82, 2.24) is 5.32 Å². The van der Waals surface area contributed by atoms with Gasteiger partial charge in [0.15, 0.2) is 0 Å². The first-order valence-corrected chi connectivity index (χ1v) is 6.79. The van der Waals surface area contributed by atoms with Crippen LogP contribution in [0.1, 0.15) is 44.9 Å². The van der Waals surface area contributed by atoms with E-state index in [1.54, 1.807) is 0 Å². The number of amides is 1. The smallest absolute Gasteiger partial charge is 0.306 e. The third-order valence-corrected chi connectivity index (χ3v) is 3.86. The lowest BCUT2D eigenvalue weighted by atomic mass is 10.1. The van der Waals surface area contributed by atoms with Gasteiger partial charge in [-0.25, -0.2) is 0 Å². The highest BCUT2D eigenvalue weighted by Crippen LogP contribution is 2.25. The van der Waals surface area contributed by atoms with E-state index in [2.05, 4.69) is 5.32 Å². The molecule has 0 aromatic rings. The van der Waals surface area contributed by atoms with Gasteiger partial charge in [-0.2, -0.15) is 0 Å². The molecule has 1 aliphatic carbocycles. The monoisotopic (exact) mass is 255 g/mol. The summed E-state index contributed by atoms with van der Waals surface area (Å²) in [7, 11) is 0. The molecule has 1 aliphatic heterocycles. The maximum atomic E-state index is 11.7. The highest BCUT2D eigenvalue weighted by molar-refractivity contribution is 5.76. The predicted molar refractivity (Wildman–Crippen MR) is 65.1 cm³/mol. The first kappa shape index (κ1) is 13.3. The minimum Gasteiger partial charge on any atom is -0.481 e. The SMILES string of the molecule is O=C(CCC1CCCO1)N[C@H]1CC[C@@H](C(=O)O)C1. The fraction of sp³-hybridized carbons (Fsp3) is 0.846. The Labute approximate surface area is 107 Å². The van der Waals surface area contributed by atoms with Crippen LogP contribution in [-0.2, 0) is 14.3 Å². The van der Waals surface area contributed by atoms with Gasteiger partial charge in [0, 0.05) is 19.1 Å². The van der Waals surface area contributed by atoms with Crippen molar-refractivity contribution in [3.63, 3.8) is 0 Å². The van der Waals surface area contributed by atoms with Crippen LogP contribution in [0.4, 0.5) is 0 Å². The number of carbonyl (C=O) groups excluding carboxylic acids is 1. The molecule has 0 spiro atoms. The van der Waals surface area contributed by atoms with E-state index in [-0.39, 0.29) is 24.0 Å². The lowest BCUT2D eigenvalue weighted by Crippen LogP contribution is -2.33.